The topological polar surface area (TPSA) is 108 Å². The predicted molar refractivity (Wildman–Crippen MR) is 411 cm³/mol. The lowest BCUT2D eigenvalue weighted by molar-refractivity contribution is 0.671. The zero-order chi connectivity index (χ0) is 65.2. The Balaban J connectivity index is 0.000000113. The third kappa shape index (κ3) is 8.74. The van der Waals surface area contributed by atoms with Crippen LogP contribution in [-0.4, -0.2) is 38.6 Å². The van der Waals surface area contributed by atoms with Gasteiger partial charge in [0, 0.05) is 103 Å². The Labute approximate surface area is 572 Å². The fourth-order valence-corrected chi connectivity index (χ4v) is 15.8. The molecule has 0 radical (unpaired) electrons. The van der Waals surface area contributed by atoms with Gasteiger partial charge < -0.3 is 23.0 Å². The van der Waals surface area contributed by atoms with Gasteiger partial charge in [0.1, 0.15) is 11.2 Å². The molecular weight excluding hydrogens is 1280 g/mol. The summed E-state index contributed by atoms with van der Waals surface area (Å²) in [6, 6.07) is 109. The van der Waals surface area contributed by atoms with E-state index in [0.717, 1.165) is 154 Å². The van der Waals surface area contributed by atoms with Crippen LogP contribution in [0.1, 0.15) is 0 Å². The lowest BCUT2D eigenvalue weighted by Crippen LogP contribution is -2.03. The monoisotopic (exact) mass is 1330 g/mol. The number of benzene rings is 14. The Bertz CT molecular complexity index is 6990. The molecule has 0 aliphatic rings. The van der Waals surface area contributed by atoms with Crippen molar-refractivity contribution in [1.29, 1.82) is 0 Å². The minimum Gasteiger partial charge on any atom is -0.454 e. The number of hydrogen-bond donors (Lipinski definition) is 1. The standard InChI is InChI=1S/C44H26N4O.C30H18N2O.C14H9BrN2/c1-3-15-27(16-4-1)40-29-19-7-11-23-33(29)45-44(46-40)48-35-25-13-8-20-30(35)37-38-32-22-10-14-26-36(32)49-43(38)42-39(41(37)48)31-21-9-12-24-34(31)47(42)28-17-5-2-6-18-28;1-2-10-18(11-3-1)32-23-16-8-5-13-20(23)27-28-25(19-12-4-7-15-22(19)31-28)26-21-14-6-9-17-24(21)33-30(26)29(27)32;15-14-16-12-9-5-4-8-11(12)13(17-14)10-6-2-1-3-7-10/h1-26H;1-17,31H;1-9H. The molecule has 0 saturated heterocycles. The van der Waals surface area contributed by atoms with Crippen molar-refractivity contribution in [2.24, 2.45) is 0 Å². The van der Waals surface area contributed by atoms with Gasteiger partial charge >= 0.3 is 0 Å². The van der Waals surface area contributed by atoms with Gasteiger partial charge in [0.05, 0.1) is 61.0 Å². The van der Waals surface area contributed by atoms with Crippen LogP contribution in [0.2, 0.25) is 0 Å². The highest BCUT2D eigenvalue weighted by Crippen LogP contribution is 2.51. The van der Waals surface area contributed by atoms with E-state index in [1.807, 2.05) is 66.7 Å². The molecule has 0 bridgehead atoms. The van der Waals surface area contributed by atoms with Crippen molar-refractivity contribution in [2.45, 2.75) is 0 Å². The molecule has 8 heterocycles. The summed E-state index contributed by atoms with van der Waals surface area (Å²) in [6.07, 6.45) is 0. The van der Waals surface area contributed by atoms with Crippen molar-refractivity contribution < 1.29 is 8.83 Å². The summed E-state index contributed by atoms with van der Waals surface area (Å²) in [7, 11) is 0. The molecular formula is C88H53BrN8O2. The lowest BCUT2D eigenvalue weighted by Gasteiger charge is -2.12. The van der Waals surface area contributed by atoms with Gasteiger partial charge in [-0.05, 0) is 88.7 Å². The van der Waals surface area contributed by atoms with Gasteiger partial charge in [-0.3, -0.25) is 4.57 Å². The van der Waals surface area contributed by atoms with E-state index < -0.39 is 0 Å². The first-order valence-electron chi connectivity index (χ1n) is 33.1. The molecule has 0 spiro atoms. The van der Waals surface area contributed by atoms with Crippen LogP contribution < -0.4 is 0 Å². The number of H-pyrrole nitrogens is 1. The van der Waals surface area contributed by atoms with Crippen molar-refractivity contribution >= 4 is 169 Å². The molecule has 0 amide bonds. The number of rotatable bonds is 5. The molecule has 99 heavy (non-hydrogen) atoms. The van der Waals surface area contributed by atoms with Crippen molar-refractivity contribution in [1.82, 2.24) is 38.6 Å². The minimum absolute atomic E-state index is 0.620. The van der Waals surface area contributed by atoms with E-state index in [2.05, 4.69) is 293 Å². The average Bonchev–Trinajstić information content (AvgIpc) is 1.52. The summed E-state index contributed by atoms with van der Waals surface area (Å²) in [5.74, 6) is 0.633. The number of fused-ring (bicyclic) bond motifs is 26. The van der Waals surface area contributed by atoms with Crippen LogP contribution >= 0.6 is 15.9 Å². The predicted octanol–water partition coefficient (Wildman–Crippen LogP) is 23.8. The molecule has 464 valence electrons. The molecule has 22 aromatic rings. The first-order chi connectivity index (χ1) is 49.1. The Morgan fingerprint density at radius 1 is 0.283 bits per heavy atom. The number of furan rings is 2. The van der Waals surface area contributed by atoms with E-state index >= 15 is 0 Å². The minimum atomic E-state index is 0.620. The summed E-state index contributed by atoms with van der Waals surface area (Å²) in [4.78, 5) is 23.3. The highest BCUT2D eigenvalue weighted by molar-refractivity contribution is 9.10. The summed E-state index contributed by atoms with van der Waals surface area (Å²) >= 11 is 3.36. The third-order valence-electron chi connectivity index (χ3n) is 19.4. The zero-order valence-electron chi connectivity index (χ0n) is 52.8. The molecule has 1 N–H and O–H groups in total. The van der Waals surface area contributed by atoms with Gasteiger partial charge in [-0.2, -0.15) is 0 Å². The van der Waals surface area contributed by atoms with E-state index in [1.165, 1.54) is 32.4 Å². The smallest absolute Gasteiger partial charge is 0.235 e. The van der Waals surface area contributed by atoms with Gasteiger partial charge in [0.25, 0.3) is 0 Å². The van der Waals surface area contributed by atoms with Crippen LogP contribution in [0.15, 0.2) is 329 Å². The second-order valence-corrected chi connectivity index (χ2v) is 25.6. The number of nitrogens with one attached hydrogen (secondary N) is 1. The molecule has 0 saturated carbocycles. The highest BCUT2D eigenvalue weighted by Gasteiger charge is 2.30. The van der Waals surface area contributed by atoms with Gasteiger partial charge in [-0.25, -0.2) is 19.9 Å². The molecule has 8 aromatic heterocycles. The SMILES string of the molecule is Brc1nc(-c2ccccc2)c2ccccc2n1.c1ccc(-c2nc(-n3c4ccccc4c4c5c6ccccc6oc5c5c(c6ccccc6n5-c5ccccc5)c43)nc3ccccc23)cc1.c1ccc(-n2c3ccccc3c3c4[nH]c5ccccc5c4c4c5ccccc5oc4c32)cc1. The number of nitrogens with zero attached hydrogens (tertiary/aromatic N) is 7. The molecule has 0 unspecified atom stereocenters. The van der Waals surface area contributed by atoms with Gasteiger partial charge in [0.2, 0.25) is 5.95 Å². The van der Waals surface area contributed by atoms with Gasteiger partial charge in [-0.1, -0.05) is 243 Å². The maximum atomic E-state index is 6.90. The lowest BCUT2D eigenvalue weighted by atomic mass is 10.0. The highest BCUT2D eigenvalue weighted by atomic mass is 79.9. The Morgan fingerprint density at radius 2 is 0.677 bits per heavy atom. The quantitative estimate of drug-likeness (QED) is 0.172. The third-order valence-corrected chi connectivity index (χ3v) is 19.8. The molecule has 14 aromatic carbocycles. The summed E-state index contributed by atoms with van der Waals surface area (Å²) in [5.41, 5.74) is 20.5. The van der Waals surface area contributed by atoms with Crippen molar-refractivity contribution in [3.8, 4) is 39.8 Å². The maximum Gasteiger partial charge on any atom is 0.235 e. The van der Waals surface area contributed by atoms with Crippen LogP contribution in [0.25, 0.3) is 193 Å². The summed E-state index contributed by atoms with van der Waals surface area (Å²) < 4.78 is 21.2. The number of aromatic amines is 1. The molecule has 11 heteroatoms. The number of hydrogen-bond acceptors (Lipinski definition) is 6. The molecule has 0 atom stereocenters. The normalized spacial score (nSPS) is 11.9. The number of para-hydroxylation sites is 10. The fraction of sp³-hybridized carbons (Fsp3) is 0. The van der Waals surface area contributed by atoms with E-state index in [-0.39, 0.29) is 0 Å². The summed E-state index contributed by atoms with van der Waals surface area (Å²) in [6.45, 7) is 0. The molecule has 0 aliphatic carbocycles. The Kier molecular flexibility index (Phi) is 12.9. The van der Waals surface area contributed by atoms with Crippen LogP contribution in [0.5, 0.6) is 0 Å². The van der Waals surface area contributed by atoms with E-state index in [0.29, 0.717) is 10.7 Å². The first-order valence-corrected chi connectivity index (χ1v) is 33.9. The summed E-state index contributed by atoms with van der Waals surface area (Å²) in [5, 5.41) is 16.0. The van der Waals surface area contributed by atoms with Crippen LogP contribution in [0.3, 0.4) is 0 Å². The first kappa shape index (κ1) is 56.4. The second kappa shape index (κ2) is 22.6. The van der Waals surface area contributed by atoms with Gasteiger partial charge in [0.15, 0.2) is 15.9 Å². The van der Waals surface area contributed by atoms with Gasteiger partial charge in [-0.15, -0.1) is 0 Å². The average molecular weight is 1330 g/mol. The van der Waals surface area contributed by atoms with Crippen LogP contribution in [-0.2, 0) is 0 Å². The number of aromatic nitrogens is 8. The molecule has 10 nitrogen and oxygen atoms in total. The molecule has 22 rings (SSSR count). The fourth-order valence-electron chi connectivity index (χ4n) is 15.4. The Hall–Kier alpha value is -13.0. The second-order valence-electron chi connectivity index (χ2n) is 24.9. The maximum absolute atomic E-state index is 6.90. The van der Waals surface area contributed by atoms with Crippen molar-refractivity contribution in [3.63, 3.8) is 0 Å². The van der Waals surface area contributed by atoms with Crippen molar-refractivity contribution in [2.75, 3.05) is 0 Å². The van der Waals surface area contributed by atoms with E-state index in [4.69, 9.17) is 18.8 Å². The molecule has 0 aliphatic heterocycles. The van der Waals surface area contributed by atoms with E-state index in [9.17, 15) is 0 Å². The Morgan fingerprint density at radius 3 is 1.23 bits per heavy atom. The molecule has 0 fully saturated rings. The number of halogens is 1. The van der Waals surface area contributed by atoms with Crippen molar-refractivity contribution in [3.05, 3.63) is 320 Å². The zero-order valence-corrected chi connectivity index (χ0v) is 54.4. The van der Waals surface area contributed by atoms with E-state index in [1.54, 1.807) is 0 Å². The van der Waals surface area contributed by atoms with Crippen LogP contribution in [0.4, 0.5) is 0 Å². The van der Waals surface area contributed by atoms with Crippen LogP contribution in [0, 0.1) is 0 Å². The largest absolute Gasteiger partial charge is 0.454 e.